The van der Waals surface area contributed by atoms with Crippen molar-refractivity contribution in [3.8, 4) is 17.2 Å². The average molecular weight is 713 g/mol. The van der Waals surface area contributed by atoms with Gasteiger partial charge < -0.3 is 24.8 Å². The number of rotatable bonds is 11. The van der Waals surface area contributed by atoms with Crippen molar-refractivity contribution in [3.63, 3.8) is 0 Å². The zero-order valence-electron chi connectivity index (χ0n) is 30.2. The largest absolute Gasteiger partial charge is 0.508 e. The summed E-state index contributed by atoms with van der Waals surface area (Å²) >= 11 is 0. The number of piperazine rings is 1. The molecule has 0 spiro atoms. The number of carbonyl (C=O) groups excluding carboxylic acids is 2. The minimum Gasteiger partial charge on any atom is -0.508 e. The van der Waals surface area contributed by atoms with E-state index in [1.807, 2.05) is 30.3 Å². The van der Waals surface area contributed by atoms with E-state index in [0.29, 0.717) is 55.5 Å². The molecule has 4 aromatic rings. The summed E-state index contributed by atoms with van der Waals surface area (Å²) in [5, 5.41) is 12.9. The first-order chi connectivity index (χ1) is 25.9. The lowest BCUT2D eigenvalue weighted by molar-refractivity contribution is -0.126. The number of carbonyl (C=O) groups is 2. The number of phenolic OH excluding ortho intramolecular Hbond substituents is 1. The summed E-state index contributed by atoms with van der Waals surface area (Å²) in [6.45, 7) is 11.1. The molecule has 4 aliphatic rings. The molecular weight excluding hydrogens is 665 g/mol. The van der Waals surface area contributed by atoms with Gasteiger partial charge in [-0.3, -0.25) is 19.4 Å². The van der Waals surface area contributed by atoms with Gasteiger partial charge in [-0.25, -0.2) is 0 Å². The monoisotopic (exact) mass is 712 g/mol. The van der Waals surface area contributed by atoms with Crippen molar-refractivity contribution < 1.29 is 24.2 Å². The van der Waals surface area contributed by atoms with E-state index in [2.05, 4.69) is 82.4 Å². The van der Waals surface area contributed by atoms with Crippen LogP contribution >= 0.6 is 0 Å². The van der Waals surface area contributed by atoms with Gasteiger partial charge in [0.05, 0.1) is 0 Å². The van der Waals surface area contributed by atoms with E-state index >= 15 is 0 Å². The summed E-state index contributed by atoms with van der Waals surface area (Å²) in [7, 11) is 0. The molecule has 2 saturated heterocycles. The van der Waals surface area contributed by atoms with Crippen LogP contribution < -0.4 is 14.8 Å². The normalized spacial score (nSPS) is 21.9. The van der Waals surface area contributed by atoms with Gasteiger partial charge in [-0.1, -0.05) is 55.1 Å². The molecular formula is C44H48N4O5. The van der Waals surface area contributed by atoms with Crippen molar-refractivity contribution in [1.29, 1.82) is 0 Å². The van der Waals surface area contributed by atoms with Crippen LogP contribution in [0.1, 0.15) is 69.3 Å². The molecule has 0 aromatic heterocycles. The van der Waals surface area contributed by atoms with E-state index in [4.69, 9.17) is 9.47 Å². The second-order valence-electron chi connectivity index (χ2n) is 14.8. The molecule has 53 heavy (non-hydrogen) atoms. The first-order valence-corrected chi connectivity index (χ1v) is 19.0. The Kier molecular flexibility index (Phi) is 10.2. The number of nitrogens with zero attached hydrogens (tertiary/aromatic N) is 3. The number of benzene rings is 4. The minimum absolute atomic E-state index is 0.0955. The molecule has 9 nitrogen and oxygen atoms in total. The maximum absolute atomic E-state index is 13.0. The predicted octanol–water partition coefficient (Wildman–Crippen LogP) is 6.08. The van der Waals surface area contributed by atoms with Gasteiger partial charge in [0, 0.05) is 63.0 Å². The molecule has 4 aromatic carbocycles. The summed E-state index contributed by atoms with van der Waals surface area (Å²) in [6.07, 6.45) is 3.29. The van der Waals surface area contributed by atoms with Crippen molar-refractivity contribution in [2.75, 3.05) is 52.5 Å². The molecule has 3 heterocycles. The van der Waals surface area contributed by atoms with Crippen LogP contribution in [0.3, 0.4) is 0 Å². The van der Waals surface area contributed by atoms with E-state index in [1.54, 1.807) is 4.90 Å². The lowest BCUT2D eigenvalue weighted by atomic mass is 9.69. The Morgan fingerprint density at radius 2 is 1.43 bits per heavy atom. The zero-order valence-corrected chi connectivity index (χ0v) is 30.2. The number of hydrogen-bond acceptors (Lipinski definition) is 7. The lowest BCUT2D eigenvalue weighted by Gasteiger charge is -2.35. The van der Waals surface area contributed by atoms with Gasteiger partial charge in [0.1, 0.15) is 36.5 Å². The summed E-state index contributed by atoms with van der Waals surface area (Å²) in [5.74, 6) is 2.32. The van der Waals surface area contributed by atoms with Crippen LogP contribution in [-0.4, -0.2) is 90.1 Å². The maximum atomic E-state index is 13.0. The third-order valence-electron chi connectivity index (χ3n) is 11.5. The molecule has 274 valence electrons. The first-order valence-electron chi connectivity index (χ1n) is 19.0. The number of aryl methyl sites for hydroxylation is 1. The van der Waals surface area contributed by atoms with Crippen molar-refractivity contribution in [2.24, 2.45) is 0 Å². The third-order valence-corrected chi connectivity index (χ3v) is 11.5. The minimum atomic E-state index is -0.460. The molecule has 2 N–H and O–H groups in total. The number of phenols is 1. The summed E-state index contributed by atoms with van der Waals surface area (Å²) < 4.78 is 12.3. The number of aromatic hydroxyl groups is 1. The lowest BCUT2D eigenvalue weighted by Crippen LogP contribution is -2.49. The fourth-order valence-electron chi connectivity index (χ4n) is 8.59. The molecule has 9 heteroatoms. The van der Waals surface area contributed by atoms with Crippen molar-refractivity contribution in [2.45, 2.75) is 50.1 Å². The van der Waals surface area contributed by atoms with Crippen LogP contribution in [0.4, 0.5) is 0 Å². The second kappa shape index (κ2) is 15.5. The van der Waals surface area contributed by atoms with E-state index in [-0.39, 0.29) is 17.7 Å². The van der Waals surface area contributed by atoms with E-state index in [1.165, 1.54) is 22.3 Å². The maximum Gasteiger partial charge on any atom is 0.255 e. The van der Waals surface area contributed by atoms with Gasteiger partial charge in [0.25, 0.3) is 5.91 Å². The third kappa shape index (κ3) is 7.68. The SMILES string of the molecule is C=C1CCC(N2Cc3cc(OCCN4CCN(CCOc5ccc([C@@H]6c7ccc(O)cc7CC[C@@H]6c6ccccc6)cc5)CC4)ccc3C2=O)C(=O)N1. The van der Waals surface area contributed by atoms with Gasteiger partial charge in [0.2, 0.25) is 5.91 Å². The van der Waals surface area contributed by atoms with Crippen molar-refractivity contribution in [3.05, 3.63) is 137 Å². The molecule has 0 saturated carbocycles. The smallest absolute Gasteiger partial charge is 0.255 e. The highest BCUT2D eigenvalue weighted by atomic mass is 16.5. The van der Waals surface area contributed by atoms with Crippen LogP contribution in [0.25, 0.3) is 0 Å². The second-order valence-corrected chi connectivity index (χ2v) is 14.8. The van der Waals surface area contributed by atoms with Gasteiger partial charge in [-0.15, -0.1) is 0 Å². The van der Waals surface area contributed by atoms with Crippen LogP contribution in [0.2, 0.25) is 0 Å². The highest BCUT2D eigenvalue weighted by Crippen LogP contribution is 2.47. The standard InChI is InChI=1S/C44H48N4O5/c1-30-7-18-41(43(50)45-30)48-29-34-28-37(14-17-40(34)44(48)51)53-26-24-47-21-19-46(20-22-47)23-25-52-36-12-8-32(9-13-36)42-38(31-5-3-2-4-6-31)15-10-33-27-35(49)11-16-39(33)42/h2-6,8-9,11-14,16-17,27-28,38,41-42,49H,1,7,10,15,18-26,29H2,(H,45,50)/t38-,41?,42+/m1/s1. The Morgan fingerprint density at radius 3 is 2.15 bits per heavy atom. The molecule has 0 bridgehead atoms. The number of hydrogen-bond donors (Lipinski definition) is 2. The highest BCUT2D eigenvalue weighted by Gasteiger charge is 2.38. The number of fused-ring (bicyclic) bond motifs is 2. The highest BCUT2D eigenvalue weighted by molar-refractivity contribution is 6.01. The Morgan fingerprint density at radius 1 is 0.736 bits per heavy atom. The molecule has 3 atom stereocenters. The summed E-state index contributed by atoms with van der Waals surface area (Å²) in [6, 6.07) is 30.5. The van der Waals surface area contributed by atoms with Crippen LogP contribution in [-0.2, 0) is 17.8 Å². The van der Waals surface area contributed by atoms with Gasteiger partial charge in [-0.05, 0) is 102 Å². The number of piperidine rings is 1. The Labute approximate surface area is 311 Å². The number of amides is 2. The summed E-state index contributed by atoms with van der Waals surface area (Å²) in [4.78, 5) is 32.1. The molecule has 2 amide bonds. The molecule has 3 aliphatic heterocycles. The van der Waals surface area contributed by atoms with Crippen molar-refractivity contribution >= 4 is 11.8 Å². The fraction of sp³-hybridized carbons (Fsp3) is 0.364. The van der Waals surface area contributed by atoms with Gasteiger partial charge >= 0.3 is 0 Å². The first kappa shape index (κ1) is 34.9. The van der Waals surface area contributed by atoms with E-state index < -0.39 is 6.04 Å². The number of nitrogens with one attached hydrogen (secondary N) is 1. The van der Waals surface area contributed by atoms with Crippen LogP contribution in [0.5, 0.6) is 17.2 Å². The number of ether oxygens (including phenoxy) is 2. The van der Waals surface area contributed by atoms with E-state index in [0.717, 1.165) is 69.2 Å². The zero-order chi connectivity index (χ0) is 36.3. The topological polar surface area (TPSA) is 94.6 Å². The predicted molar refractivity (Wildman–Crippen MR) is 204 cm³/mol. The van der Waals surface area contributed by atoms with Gasteiger partial charge in [-0.2, -0.15) is 0 Å². The van der Waals surface area contributed by atoms with Crippen LogP contribution in [0.15, 0.2) is 103 Å². The molecule has 2 fully saturated rings. The molecule has 0 radical (unpaired) electrons. The Bertz CT molecular complexity index is 1960. The fourth-order valence-corrected chi connectivity index (χ4v) is 8.59. The average Bonchev–Trinajstić information content (AvgIpc) is 3.50. The van der Waals surface area contributed by atoms with E-state index in [9.17, 15) is 14.7 Å². The van der Waals surface area contributed by atoms with Crippen LogP contribution in [0, 0.1) is 0 Å². The van der Waals surface area contributed by atoms with Crippen molar-refractivity contribution in [1.82, 2.24) is 20.0 Å². The molecule has 1 aliphatic carbocycles. The summed E-state index contributed by atoms with van der Waals surface area (Å²) in [5.41, 5.74) is 7.43. The Hall–Kier alpha value is -5.12. The molecule has 8 rings (SSSR count). The molecule has 1 unspecified atom stereocenters. The number of allylic oxidation sites excluding steroid dienone is 1. The van der Waals surface area contributed by atoms with Gasteiger partial charge in [0.15, 0.2) is 0 Å². The quantitative estimate of drug-likeness (QED) is 0.195. The Balaban J connectivity index is 0.778.